The van der Waals surface area contributed by atoms with Crippen LogP contribution in [0.1, 0.15) is 206 Å². The highest BCUT2D eigenvalue weighted by Crippen LogP contribution is 2.29. The molecule has 4 aliphatic heterocycles. The fourth-order valence-corrected chi connectivity index (χ4v) is 12.0. The molecule has 448 valence electrons. The summed E-state index contributed by atoms with van der Waals surface area (Å²) in [5.41, 5.74) is 0.466. The molecule has 1 aromatic rings. The van der Waals surface area contributed by atoms with Gasteiger partial charge in [0.15, 0.2) is 0 Å². The number of imidazole rings is 1. The van der Waals surface area contributed by atoms with Crippen LogP contribution in [-0.4, -0.2) is 150 Å². The second kappa shape index (κ2) is 32.1. The van der Waals surface area contributed by atoms with E-state index in [1.807, 2.05) is 72.1 Å². The van der Waals surface area contributed by atoms with Crippen LogP contribution in [0.4, 0.5) is 0 Å². The van der Waals surface area contributed by atoms with E-state index in [1.165, 1.54) is 27.9 Å². The number of likely N-dealkylation sites (tertiary alicyclic amines) is 2. The minimum Gasteiger partial charge on any atom is -0.481 e. The summed E-state index contributed by atoms with van der Waals surface area (Å²) in [6.45, 7) is 38.0. The summed E-state index contributed by atoms with van der Waals surface area (Å²) in [5, 5.41) is 18.2. The van der Waals surface area contributed by atoms with E-state index in [0.717, 1.165) is 76.8 Å². The first-order valence-corrected chi connectivity index (χ1v) is 31.4. The summed E-state index contributed by atoms with van der Waals surface area (Å²) in [6, 6.07) is 0. The lowest BCUT2D eigenvalue weighted by molar-refractivity contribution is -0.145. The summed E-state index contributed by atoms with van der Waals surface area (Å²) >= 11 is 0. The predicted octanol–water partition coefficient (Wildman–Crippen LogP) is 9.11. The number of carbonyl (C=O) groups excluding carboxylic acids is 4. The molecule has 0 spiro atoms. The van der Waals surface area contributed by atoms with Crippen molar-refractivity contribution in [2.45, 2.75) is 207 Å². The zero-order valence-corrected chi connectivity index (χ0v) is 52.3. The number of aliphatic hydroxyl groups is 1. The molecule has 0 bridgehead atoms. The summed E-state index contributed by atoms with van der Waals surface area (Å²) in [6.07, 6.45) is 16.0. The lowest BCUT2D eigenvalue weighted by Crippen LogP contribution is -2.42. The molecule has 3 amide bonds. The number of nitrogens with zero attached hydrogens (tertiary/aromatic N) is 5. The van der Waals surface area contributed by atoms with Gasteiger partial charge < -0.3 is 25.0 Å². The Labute approximate surface area is 466 Å². The van der Waals surface area contributed by atoms with Gasteiger partial charge in [-0.05, 0) is 96.7 Å². The quantitative estimate of drug-likeness (QED) is 0.136. The Morgan fingerprint density at radius 2 is 1.12 bits per heavy atom. The van der Waals surface area contributed by atoms with Crippen molar-refractivity contribution in [1.29, 1.82) is 0 Å². The van der Waals surface area contributed by atoms with Gasteiger partial charge in [-0.1, -0.05) is 117 Å². The average Bonchev–Trinajstić information content (AvgIpc) is 4.03. The number of Topliss-reactive ketones (excluding diaryl/α,β-unsaturated/α-hetero) is 1. The maximum Gasteiger partial charge on any atom is 0.307 e. The number of amides is 3. The number of sulfonamides is 1. The van der Waals surface area contributed by atoms with Crippen LogP contribution >= 0.6 is 0 Å². The third-order valence-electron chi connectivity index (χ3n) is 13.5. The van der Waals surface area contributed by atoms with Gasteiger partial charge in [-0.3, -0.25) is 24.0 Å². The van der Waals surface area contributed by atoms with Crippen LogP contribution in [0.25, 0.3) is 0 Å². The van der Waals surface area contributed by atoms with E-state index in [1.54, 1.807) is 12.5 Å². The zero-order valence-electron chi connectivity index (χ0n) is 50.7. The van der Waals surface area contributed by atoms with Crippen LogP contribution in [0.15, 0.2) is 12.5 Å². The molecular formula is C57H107N7O11S2. The van der Waals surface area contributed by atoms with Crippen molar-refractivity contribution in [3.8, 4) is 0 Å². The first-order chi connectivity index (χ1) is 35.2. The molecular weight excluding hydrogens is 1020 g/mol. The second-order valence-corrected chi connectivity index (χ2v) is 31.3. The normalized spacial score (nSPS) is 18.9. The number of rotatable bonds is 14. The van der Waals surface area contributed by atoms with E-state index in [9.17, 15) is 40.8 Å². The van der Waals surface area contributed by atoms with Gasteiger partial charge in [-0.15, -0.1) is 0 Å². The number of carbonyl (C=O) groups is 5. The Balaban J connectivity index is 0.000000484. The number of piperidine rings is 3. The Morgan fingerprint density at radius 1 is 0.636 bits per heavy atom. The SMILES string of the molecule is CC(C)(C)C(Cc1cnc[nH]1)C(=O)O.CC(C)(C)CC(=O)N1CCCC(CO)C1.CC(C)(C)CC(=O)N1CCCCC1.CC(C)(C)CC(=O)NS(=O)(=O)N1CCCC1.CCC1CCN(S(=O)(=O)CC(=O)CC(C)(C)C)CC1. The maximum atomic E-state index is 12.2. The van der Waals surface area contributed by atoms with Gasteiger partial charge in [0.1, 0.15) is 11.5 Å². The van der Waals surface area contributed by atoms with E-state index in [4.69, 9.17) is 10.2 Å². The number of hydrogen-bond donors (Lipinski definition) is 4. The van der Waals surface area contributed by atoms with Crippen molar-refractivity contribution in [2.75, 3.05) is 64.7 Å². The van der Waals surface area contributed by atoms with E-state index < -0.39 is 32.1 Å². The van der Waals surface area contributed by atoms with Crippen LogP contribution in [-0.2, 0) is 50.6 Å². The van der Waals surface area contributed by atoms with Crippen molar-refractivity contribution >= 4 is 49.7 Å². The molecule has 5 rings (SSSR count). The van der Waals surface area contributed by atoms with Crippen LogP contribution in [0.3, 0.4) is 0 Å². The molecule has 5 heterocycles. The number of aromatic amines is 1. The molecule has 2 unspecified atom stereocenters. The van der Waals surface area contributed by atoms with Crippen molar-refractivity contribution in [1.82, 2.24) is 33.1 Å². The highest BCUT2D eigenvalue weighted by Gasteiger charge is 2.33. The van der Waals surface area contributed by atoms with Gasteiger partial charge in [0, 0.05) is 103 Å². The van der Waals surface area contributed by atoms with E-state index in [2.05, 4.69) is 63.2 Å². The number of carboxylic acid groups (broad SMARTS) is 1. The van der Waals surface area contributed by atoms with Gasteiger partial charge in [-0.2, -0.15) is 12.7 Å². The number of aromatic nitrogens is 2. The number of aliphatic carboxylic acids is 1. The molecule has 18 nitrogen and oxygen atoms in total. The van der Waals surface area contributed by atoms with Gasteiger partial charge >= 0.3 is 16.2 Å². The number of aliphatic hydroxyl groups excluding tert-OH is 1. The van der Waals surface area contributed by atoms with Crippen molar-refractivity contribution < 1.29 is 51.0 Å². The summed E-state index contributed by atoms with van der Waals surface area (Å²) in [7, 11) is -7.00. The predicted molar refractivity (Wildman–Crippen MR) is 307 cm³/mol. The van der Waals surface area contributed by atoms with Crippen LogP contribution in [0.5, 0.6) is 0 Å². The first-order valence-electron chi connectivity index (χ1n) is 28.3. The van der Waals surface area contributed by atoms with E-state index >= 15 is 0 Å². The summed E-state index contributed by atoms with van der Waals surface area (Å²) in [5.74, 6) is -0.576. The topological polar surface area (TPSA) is 248 Å². The molecule has 4 aliphatic rings. The highest BCUT2D eigenvalue weighted by atomic mass is 32.2. The molecule has 0 aromatic carbocycles. The van der Waals surface area contributed by atoms with Crippen LogP contribution in [0.2, 0.25) is 0 Å². The number of H-pyrrole nitrogens is 1. The molecule has 0 aliphatic carbocycles. The Hall–Kier alpha value is -3.46. The Morgan fingerprint density at radius 3 is 1.55 bits per heavy atom. The lowest BCUT2D eigenvalue weighted by Gasteiger charge is -2.33. The molecule has 4 N–H and O–H groups in total. The molecule has 2 atom stereocenters. The maximum absolute atomic E-state index is 12.2. The van der Waals surface area contributed by atoms with Gasteiger partial charge in [-0.25, -0.2) is 22.4 Å². The van der Waals surface area contributed by atoms with E-state index in [0.29, 0.717) is 69.6 Å². The molecule has 0 radical (unpaired) electrons. The second-order valence-electron chi connectivity index (χ2n) is 27.6. The highest BCUT2D eigenvalue weighted by molar-refractivity contribution is 7.89. The third kappa shape index (κ3) is 31.8. The lowest BCUT2D eigenvalue weighted by atomic mass is 9.78. The minimum atomic E-state index is -3.60. The Kier molecular flexibility index (Phi) is 29.8. The fourth-order valence-electron chi connectivity index (χ4n) is 9.28. The van der Waals surface area contributed by atoms with Crippen molar-refractivity contribution in [3.05, 3.63) is 18.2 Å². The summed E-state index contributed by atoms with van der Waals surface area (Å²) in [4.78, 5) is 68.8. The molecule has 20 heteroatoms. The zero-order chi connectivity index (χ0) is 59.2. The van der Waals surface area contributed by atoms with Gasteiger partial charge in [0.2, 0.25) is 27.7 Å². The van der Waals surface area contributed by atoms with Crippen LogP contribution in [0, 0.1) is 44.8 Å². The number of ketones is 1. The molecule has 4 saturated heterocycles. The largest absolute Gasteiger partial charge is 0.481 e. The minimum absolute atomic E-state index is 0.0588. The van der Waals surface area contributed by atoms with Gasteiger partial charge in [0.05, 0.1) is 12.2 Å². The summed E-state index contributed by atoms with van der Waals surface area (Å²) < 4.78 is 52.8. The van der Waals surface area contributed by atoms with Crippen molar-refractivity contribution in [3.63, 3.8) is 0 Å². The van der Waals surface area contributed by atoms with Gasteiger partial charge in [0.25, 0.3) is 0 Å². The average molecular weight is 1130 g/mol. The van der Waals surface area contributed by atoms with Crippen LogP contribution < -0.4 is 4.72 Å². The number of hydrogen-bond acceptors (Lipinski definition) is 11. The molecule has 1 aromatic heterocycles. The molecule has 0 saturated carbocycles. The number of carboxylic acids is 1. The number of nitrogens with one attached hydrogen (secondary N) is 2. The van der Waals surface area contributed by atoms with Crippen molar-refractivity contribution in [2.24, 2.45) is 44.8 Å². The monoisotopic (exact) mass is 1130 g/mol. The molecule has 77 heavy (non-hydrogen) atoms. The first kappa shape index (κ1) is 71.6. The standard InChI is InChI=1S/C14H27NO3S.C12H23NO2.C11H21NO.C10H20N2O3S.C10H16N2O2/c1-5-12-6-8-15(9-7-12)19(17,18)11-13(16)10-14(2,3)4;1-12(2,3)7-11(15)13-6-4-5-10(8-13)9-14;1-11(2,3)9-10(13)12-7-5-4-6-8-12;1-10(2,3)8-9(13)11-16(14,15)12-6-4-5-7-12;1-10(2,3)8(9(13)14)4-7-5-11-6-12-7/h12H,5-11H2,1-4H3;10,14H,4-9H2,1-3H3;4-9H2,1-3H3;4-8H2,1-3H3,(H,11,13);5-6,8H,4H2,1-3H3,(H,11,12)(H,13,14). The Bertz CT molecular complexity index is 2150. The molecule has 4 fully saturated rings. The smallest absolute Gasteiger partial charge is 0.307 e. The fraction of sp³-hybridized carbons (Fsp3) is 0.860. The third-order valence-corrected chi connectivity index (χ3v) is 16.8. The van der Waals surface area contributed by atoms with E-state index in [-0.39, 0.29) is 63.5 Å².